The number of carbonyl (C=O) groups is 4. The van der Waals surface area contributed by atoms with Crippen molar-refractivity contribution in [3.05, 3.63) is 35.9 Å². The lowest BCUT2D eigenvalue weighted by atomic mass is 10.1. The summed E-state index contributed by atoms with van der Waals surface area (Å²) in [6.45, 7) is 2.28. The number of halogens is 3. The number of benzene rings is 1. The molecular weight excluding hydrogens is 467 g/mol. The lowest BCUT2D eigenvalue weighted by Crippen LogP contribution is -2.33. The average molecular weight is 497 g/mol. The van der Waals surface area contributed by atoms with Gasteiger partial charge >= 0.3 is 30.1 Å². The second-order valence-electron chi connectivity index (χ2n) is 6.74. The van der Waals surface area contributed by atoms with Crippen molar-refractivity contribution in [2.45, 2.75) is 50.5 Å². The second kappa shape index (κ2) is 17.3. The van der Waals surface area contributed by atoms with Gasteiger partial charge in [0.05, 0.1) is 7.11 Å². The molecule has 0 aliphatic carbocycles. The highest BCUT2D eigenvalue weighted by Gasteiger charge is 2.38. The number of ether oxygens (including phenoxy) is 1. The van der Waals surface area contributed by atoms with Crippen molar-refractivity contribution in [2.24, 2.45) is 11.5 Å². The molecule has 1 heterocycles. The maximum absolute atomic E-state index is 11.0. The minimum Gasteiger partial charge on any atom is -0.480 e. The highest BCUT2D eigenvalue weighted by atomic mass is 19.4. The number of carboxylic acids is 3. The minimum atomic E-state index is -5.08. The van der Waals surface area contributed by atoms with Crippen LogP contribution in [0.1, 0.15) is 25.3 Å². The highest BCUT2D eigenvalue weighted by Crippen LogP contribution is 2.13. The molecule has 3 atom stereocenters. The lowest BCUT2D eigenvalue weighted by molar-refractivity contribution is -0.192. The summed E-state index contributed by atoms with van der Waals surface area (Å²) in [4.78, 5) is 39.6. The van der Waals surface area contributed by atoms with Gasteiger partial charge in [0.2, 0.25) is 0 Å². The van der Waals surface area contributed by atoms with Crippen LogP contribution >= 0.6 is 0 Å². The third-order valence-electron chi connectivity index (χ3n) is 3.79. The number of nitrogens with one attached hydrogen (secondary N) is 1. The maximum atomic E-state index is 11.0. The van der Waals surface area contributed by atoms with E-state index in [4.69, 9.17) is 31.6 Å². The summed E-state index contributed by atoms with van der Waals surface area (Å²) in [6.07, 6.45) is -2.78. The molecule has 1 aromatic carbocycles. The maximum Gasteiger partial charge on any atom is 0.490 e. The molecule has 0 bridgehead atoms. The summed E-state index contributed by atoms with van der Waals surface area (Å²) >= 11 is 0. The first-order valence-electron chi connectivity index (χ1n) is 9.75. The van der Waals surface area contributed by atoms with Crippen molar-refractivity contribution in [1.82, 2.24) is 5.32 Å². The molecule has 0 saturated carbocycles. The summed E-state index contributed by atoms with van der Waals surface area (Å²) in [5.41, 5.74) is 11.5. The van der Waals surface area contributed by atoms with Gasteiger partial charge in [0, 0.05) is 0 Å². The van der Waals surface area contributed by atoms with Gasteiger partial charge in [-0.1, -0.05) is 30.3 Å². The van der Waals surface area contributed by atoms with E-state index >= 15 is 0 Å². The standard InChI is InChI=1S/C10H13NO2.C5H9NO2.C3H7NO2.C2HF3O2/c1-13-10(12)9(11)7-8-5-3-2-4-6-8;7-5(8)4-2-1-3-6-4;1-2(4)3(5)6;3-2(4,5)1(6)7/h2-6,9H,7,11H2,1H3;4,6H,1-3H2,(H,7,8);2H,4H2,1H3,(H,5,6);(H,6,7)/t9-;4-;2-;/m000./s1. The number of carboxylic acid groups (broad SMARTS) is 3. The summed E-state index contributed by atoms with van der Waals surface area (Å²) in [6, 6.07) is 8.06. The number of nitrogens with two attached hydrogens (primary N) is 2. The molecule has 1 aliphatic rings. The van der Waals surface area contributed by atoms with Gasteiger partial charge < -0.3 is 36.8 Å². The van der Waals surface area contributed by atoms with Crippen molar-refractivity contribution in [3.8, 4) is 0 Å². The zero-order valence-electron chi connectivity index (χ0n) is 18.6. The average Bonchev–Trinajstić information content (AvgIpc) is 3.30. The van der Waals surface area contributed by atoms with Crippen molar-refractivity contribution in [1.29, 1.82) is 0 Å². The van der Waals surface area contributed by atoms with Gasteiger partial charge in [0.15, 0.2) is 0 Å². The molecule has 1 fully saturated rings. The molecular formula is C20H30F3N3O8. The van der Waals surface area contributed by atoms with Crippen LogP contribution < -0.4 is 16.8 Å². The van der Waals surface area contributed by atoms with Crippen molar-refractivity contribution in [3.63, 3.8) is 0 Å². The Labute approximate surface area is 193 Å². The Morgan fingerprint density at radius 1 is 1.12 bits per heavy atom. The van der Waals surface area contributed by atoms with E-state index in [2.05, 4.69) is 10.1 Å². The lowest BCUT2D eigenvalue weighted by Gasteiger charge is -2.08. The van der Waals surface area contributed by atoms with E-state index in [1.165, 1.54) is 14.0 Å². The largest absolute Gasteiger partial charge is 0.490 e. The van der Waals surface area contributed by atoms with Crippen LogP contribution in [0.2, 0.25) is 0 Å². The molecule has 2 rings (SSSR count). The van der Waals surface area contributed by atoms with E-state index in [1.807, 2.05) is 30.3 Å². The van der Waals surface area contributed by atoms with Crippen LogP contribution in [0, 0.1) is 0 Å². The number of alkyl halides is 3. The van der Waals surface area contributed by atoms with Crippen LogP contribution in [-0.4, -0.2) is 77.2 Å². The fraction of sp³-hybridized carbons (Fsp3) is 0.500. The number of hydrogen-bond acceptors (Lipinski definition) is 8. The van der Waals surface area contributed by atoms with E-state index in [-0.39, 0.29) is 12.0 Å². The smallest absolute Gasteiger partial charge is 0.480 e. The number of rotatable bonds is 5. The Balaban J connectivity index is 0. The van der Waals surface area contributed by atoms with Gasteiger partial charge in [-0.2, -0.15) is 13.2 Å². The van der Waals surface area contributed by atoms with Crippen molar-refractivity contribution >= 4 is 23.9 Å². The Morgan fingerprint density at radius 3 is 1.85 bits per heavy atom. The predicted octanol–water partition coefficient (Wildman–Crippen LogP) is 0.604. The Bertz CT molecular complexity index is 755. The van der Waals surface area contributed by atoms with Gasteiger partial charge in [0.25, 0.3) is 0 Å². The number of aliphatic carboxylic acids is 3. The number of hydrogen-bond donors (Lipinski definition) is 6. The van der Waals surface area contributed by atoms with Crippen LogP contribution in [0.3, 0.4) is 0 Å². The summed E-state index contributed by atoms with van der Waals surface area (Å²) < 4.78 is 36.3. The third-order valence-corrected chi connectivity index (χ3v) is 3.79. The fourth-order valence-electron chi connectivity index (χ4n) is 2.00. The zero-order chi connectivity index (χ0) is 26.9. The second-order valence-corrected chi connectivity index (χ2v) is 6.74. The van der Waals surface area contributed by atoms with Crippen LogP contribution in [0.25, 0.3) is 0 Å². The predicted molar refractivity (Wildman–Crippen MR) is 114 cm³/mol. The van der Waals surface area contributed by atoms with Crippen molar-refractivity contribution in [2.75, 3.05) is 13.7 Å². The van der Waals surface area contributed by atoms with E-state index in [0.717, 1.165) is 24.9 Å². The molecule has 0 unspecified atom stereocenters. The van der Waals surface area contributed by atoms with Gasteiger partial charge in [-0.15, -0.1) is 0 Å². The van der Waals surface area contributed by atoms with Crippen LogP contribution in [0.5, 0.6) is 0 Å². The molecule has 1 saturated heterocycles. The molecule has 0 spiro atoms. The number of esters is 1. The van der Waals surface area contributed by atoms with Crippen LogP contribution in [-0.2, 0) is 30.3 Å². The molecule has 0 amide bonds. The van der Waals surface area contributed by atoms with E-state index in [9.17, 15) is 27.6 Å². The first kappa shape index (κ1) is 32.9. The SMILES string of the molecule is COC(=O)[C@@H](N)Cc1ccccc1.C[C@H](N)C(=O)O.O=C(O)C(F)(F)F.O=C(O)[C@@H]1CCCN1. The van der Waals surface area contributed by atoms with Crippen LogP contribution in [0.4, 0.5) is 13.2 Å². The molecule has 1 aliphatic heterocycles. The molecule has 8 N–H and O–H groups in total. The molecule has 11 nitrogen and oxygen atoms in total. The Kier molecular flexibility index (Phi) is 16.7. The summed E-state index contributed by atoms with van der Waals surface area (Å²) in [5.74, 6) is -4.81. The van der Waals surface area contributed by atoms with Gasteiger partial charge in [-0.25, -0.2) is 4.79 Å². The van der Waals surface area contributed by atoms with Gasteiger partial charge in [-0.3, -0.25) is 14.4 Å². The summed E-state index contributed by atoms with van der Waals surface area (Å²) in [5, 5.41) is 26.2. The van der Waals surface area contributed by atoms with E-state index in [1.54, 1.807) is 0 Å². The first-order chi connectivity index (χ1) is 15.6. The molecule has 194 valence electrons. The fourth-order valence-corrected chi connectivity index (χ4v) is 2.00. The van der Waals surface area contributed by atoms with E-state index in [0.29, 0.717) is 6.42 Å². The monoisotopic (exact) mass is 497 g/mol. The van der Waals surface area contributed by atoms with Crippen molar-refractivity contribution < 1.29 is 52.4 Å². The zero-order valence-corrected chi connectivity index (χ0v) is 18.6. The minimum absolute atomic E-state index is 0.269. The van der Waals surface area contributed by atoms with E-state index < -0.39 is 36.2 Å². The molecule has 34 heavy (non-hydrogen) atoms. The highest BCUT2D eigenvalue weighted by molar-refractivity contribution is 5.75. The molecule has 0 radical (unpaired) electrons. The van der Waals surface area contributed by atoms with Gasteiger partial charge in [0.1, 0.15) is 18.1 Å². The first-order valence-corrected chi connectivity index (χ1v) is 9.75. The van der Waals surface area contributed by atoms with Gasteiger partial charge in [-0.05, 0) is 38.3 Å². The Morgan fingerprint density at radius 2 is 1.59 bits per heavy atom. The molecule has 1 aromatic rings. The Hall–Kier alpha value is -3.23. The molecule has 14 heteroatoms. The summed E-state index contributed by atoms with van der Waals surface area (Å²) in [7, 11) is 1.34. The topological polar surface area (TPSA) is 202 Å². The number of carbonyl (C=O) groups excluding carboxylic acids is 1. The quantitative estimate of drug-likeness (QED) is 0.311. The third kappa shape index (κ3) is 17.3. The van der Waals surface area contributed by atoms with Crippen LogP contribution in [0.15, 0.2) is 30.3 Å². The molecule has 0 aromatic heterocycles. The normalized spacial score (nSPS) is 16.0. The number of methoxy groups -OCH3 is 1.